The third-order valence-electron chi connectivity index (χ3n) is 6.74. The van der Waals surface area contributed by atoms with Gasteiger partial charge in [0.25, 0.3) is 0 Å². The molecule has 1 aliphatic heterocycles. The zero-order chi connectivity index (χ0) is 25.7. The minimum absolute atomic E-state index is 0.210. The first-order chi connectivity index (χ1) is 17.0. The molecule has 0 aromatic heterocycles. The fraction of sp³-hybridized carbons (Fsp3) is 0.893. The molecular formula is C28H52O7. The maximum absolute atomic E-state index is 12.0. The number of rotatable bonds is 21. The van der Waals surface area contributed by atoms with Crippen LogP contribution in [0.5, 0.6) is 0 Å². The van der Waals surface area contributed by atoms with Crippen molar-refractivity contribution in [1.82, 2.24) is 0 Å². The maximum Gasteiger partial charge on any atom is 0.308 e. The number of aliphatic hydroxyl groups excluding tert-OH is 4. The molecule has 1 saturated heterocycles. The predicted molar refractivity (Wildman–Crippen MR) is 138 cm³/mol. The molecule has 7 nitrogen and oxygen atoms in total. The summed E-state index contributed by atoms with van der Waals surface area (Å²) in [6.45, 7) is 1.71. The summed E-state index contributed by atoms with van der Waals surface area (Å²) in [6.07, 6.45) is 18.8. The monoisotopic (exact) mass is 500 g/mol. The largest absolute Gasteiger partial charge is 0.433 e. The van der Waals surface area contributed by atoms with Gasteiger partial charge < -0.3 is 29.9 Å². The highest BCUT2D eigenvalue weighted by Crippen LogP contribution is 2.22. The summed E-state index contributed by atoms with van der Waals surface area (Å²) in [4.78, 5) is 12.0. The van der Waals surface area contributed by atoms with E-state index >= 15 is 0 Å². The molecule has 0 bridgehead atoms. The SMILES string of the molecule is CCCCCCCC/C=C\CCCCCCCCCCCC(=O)OC1O[C@H](CO)[C@@H](O)[C@H](O)[C@H]1O. The van der Waals surface area contributed by atoms with Gasteiger partial charge in [0.05, 0.1) is 6.61 Å². The molecule has 4 N–H and O–H groups in total. The van der Waals surface area contributed by atoms with Crippen LogP contribution in [-0.4, -0.2) is 63.7 Å². The second-order valence-electron chi connectivity index (χ2n) is 9.94. The van der Waals surface area contributed by atoms with E-state index in [0.29, 0.717) is 6.42 Å². The minimum Gasteiger partial charge on any atom is -0.433 e. The summed E-state index contributed by atoms with van der Waals surface area (Å²) in [5, 5.41) is 38.6. The van der Waals surface area contributed by atoms with Crippen molar-refractivity contribution >= 4 is 5.97 Å². The van der Waals surface area contributed by atoms with Gasteiger partial charge in [-0.3, -0.25) is 4.79 Å². The van der Waals surface area contributed by atoms with Crippen LogP contribution in [0.4, 0.5) is 0 Å². The van der Waals surface area contributed by atoms with Crippen molar-refractivity contribution < 1.29 is 34.7 Å². The first-order valence-corrected chi connectivity index (χ1v) is 14.2. The zero-order valence-corrected chi connectivity index (χ0v) is 22.0. The molecule has 0 aromatic carbocycles. The molecule has 35 heavy (non-hydrogen) atoms. The highest BCUT2D eigenvalue weighted by molar-refractivity contribution is 5.69. The van der Waals surface area contributed by atoms with E-state index in [1.807, 2.05) is 0 Å². The summed E-state index contributed by atoms with van der Waals surface area (Å²) >= 11 is 0. The van der Waals surface area contributed by atoms with E-state index in [-0.39, 0.29) is 6.42 Å². The van der Waals surface area contributed by atoms with Gasteiger partial charge in [-0.25, -0.2) is 0 Å². The van der Waals surface area contributed by atoms with Gasteiger partial charge in [-0.05, 0) is 32.1 Å². The van der Waals surface area contributed by atoms with E-state index in [1.54, 1.807) is 0 Å². The predicted octanol–water partition coefficient (Wildman–Crippen LogP) is 4.93. The number of aliphatic hydroxyl groups is 4. The first-order valence-electron chi connectivity index (χ1n) is 14.2. The Morgan fingerprint density at radius 3 is 1.71 bits per heavy atom. The maximum atomic E-state index is 12.0. The summed E-state index contributed by atoms with van der Waals surface area (Å²) in [5.74, 6) is -0.518. The van der Waals surface area contributed by atoms with Crippen LogP contribution in [-0.2, 0) is 14.3 Å². The van der Waals surface area contributed by atoms with E-state index in [2.05, 4.69) is 19.1 Å². The fourth-order valence-corrected chi connectivity index (χ4v) is 4.40. The van der Waals surface area contributed by atoms with E-state index in [9.17, 15) is 25.2 Å². The lowest BCUT2D eigenvalue weighted by Gasteiger charge is -2.39. The second-order valence-corrected chi connectivity index (χ2v) is 9.94. The highest BCUT2D eigenvalue weighted by atomic mass is 16.7. The minimum atomic E-state index is -1.54. The Bertz CT molecular complexity index is 537. The number of hydrogen-bond acceptors (Lipinski definition) is 7. The molecule has 1 fully saturated rings. The number of ether oxygens (including phenoxy) is 2. The summed E-state index contributed by atoms with van der Waals surface area (Å²) < 4.78 is 10.3. The Morgan fingerprint density at radius 1 is 0.714 bits per heavy atom. The van der Waals surface area contributed by atoms with Crippen molar-refractivity contribution in [1.29, 1.82) is 0 Å². The van der Waals surface area contributed by atoms with Crippen LogP contribution in [0.3, 0.4) is 0 Å². The van der Waals surface area contributed by atoms with Crippen LogP contribution in [0, 0.1) is 0 Å². The van der Waals surface area contributed by atoms with Crippen molar-refractivity contribution in [3.05, 3.63) is 12.2 Å². The van der Waals surface area contributed by atoms with Crippen LogP contribution < -0.4 is 0 Å². The van der Waals surface area contributed by atoms with Gasteiger partial charge in [0.1, 0.15) is 24.4 Å². The van der Waals surface area contributed by atoms with Crippen LogP contribution in [0.2, 0.25) is 0 Å². The molecule has 1 rings (SSSR count). The third kappa shape index (κ3) is 15.0. The van der Waals surface area contributed by atoms with Gasteiger partial charge in [-0.2, -0.15) is 0 Å². The molecule has 7 heteroatoms. The molecule has 0 aromatic rings. The normalized spacial score (nSPS) is 24.8. The van der Waals surface area contributed by atoms with Crippen LogP contribution >= 0.6 is 0 Å². The second kappa shape index (κ2) is 21.1. The van der Waals surface area contributed by atoms with E-state index in [0.717, 1.165) is 12.8 Å². The molecular weight excluding hydrogens is 448 g/mol. The van der Waals surface area contributed by atoms with Crippen molar-refractivity contribution in [2.45, 2.75) is 153 Å². The highest BCUT2D eigenvalue weighted by Gasteiger charge is 2.45. The van der Waals surface area contributed by atoms with Crippen LogP contribution in [0.25, 0.3) is 0 Å². The van der Waals surface area contributed by atoms with Gasteiger partial charge in [0.2, 0.25) is 6.29 Å². The third-order valence-corrected chi connectivity index (χ3v) is 6.74. The van der Waals surface area contributed by atoms with Gasteiger partial charge >= 0.3 is 5.97 Å². The number of hydrogen-bond donors (Lipinski definition) is 4. The number of carbonyl (C=O) groups is 1. The molecule has 5 atom stereocenters. The fourth-order valence-electron chi connectivity index (χ4n) is 4.40. The molecule has 0 amide bonds. The van der Waals surface area contributed by atoms with Crippen molar-refractivity contribution in [3.8, 4) is 0 Å². The van der Waals surface area contributed by atoms with E-state index < -0.39 is 43.3 Å². The number of allylic oxidation sites excluding steroid dienone is 2. The topological polar surface area (TPSA) is 116 Å². The molecule has 1 aliphatic rings. The summed E-state index contributed by atoms with van der Waals surface area (Å²) in [7, 11) is 0. The Morgan fingerprint density at radius 2 is 1.20 bits per heavy atom. The van der Waals surface area contributed by atoms with Gasteiger partial charge in [-0.15, -0.1) is 0 Å². The Balaban J connectivity index is 1.90. The number of unbranched alkanes of at least 4 members (excludes halogenated alkanes) is 15. The molecule has 1 unspecified atom stereocenters. The average Bonchev–Trinajstić information content (AvgIpc) is 2.85. The lowest BCUT2D eigenvalue weighted by atomic mass is 9.99. The molecule has 1 heterocycles. The lowest BCUT2D eigenvalue weighted by molar-refractivity contribution is -0.292. The van der Waals surface area contributed by atoms with Gasteiger partial charge in [0.15, 0.2) is 0 Å². The smallest absolute Gasteiger partial charge is 0.308 e. The molecule has 0 saturated carbocycles. The lowest BCUT2D eigenvalue weighted by Crippen LogP contribution is -2.59. The van der Waals surface area contributed by atoms with Gasteiger partial charge in [-0.1, -0.05) is 96.1 Å². The number of carbonyl (C=O) groups excluding carboxylic acids is 1. The quantitative estimate of drug-likeness (QED) is 0.100. The Hall–Kier alpha value is -0.990. The van der Waals surface area contributed by atoms with Crippen molar-refractivity contribution in [2.24, 2.45) is 0 Å². The van der Waals surface area contributed by atoms with E-state index in [4.69, 9.17) is 9.47 Å². The van der Waals surface area contributed by atoms with Crippen molar-refractivity contribution in [3.63, 3.8) is 0 Å². The standard InChI is InChI=1S/C28H52O7/c1-2-3-4-5-6-7-8-9-10-11-12-13-14-15-16-17-18-19-20-21-24(30)35-28-27(33)26(32)25(31)23(22-29)34-28/h9-10,23,25-29,31-33H,2-8,11-22H2,1H3/b10-9-/t23-,25-,26+,27-,28?/m1/s1. The van der Waals surface area contributed by atoms with E-state index in [1.165, 1.54) is 89.9 Å². The molecule has 206 valence electrons. The molecule has 0 radical (unpaired) electrons. The van der Waals surface area contributed by atoms with Crippen LogP contribution in [0.1, 0.15) is 122 Å². The van der Waals surface area contributed by atoms with Crippen LogP contribution in [0.15, 0.2) is 12.2 Å². The molecule has 0 spiro atoms. The molecule has 0 aliphatic carbocycles. The Kier molecular flexibility index (Phi) is 19.3. The number of esters is 1. The Labute approximate surface area is 212 Å². The van der Waals surface area contributed by atoms with Gasteiger partial charge in [0, 0.05) is 6.42 Å². The zero-order valence-electron chi connectivity index (χ0n) is 22.0. The average molecular weight is 501 g/mol. The summed E-state index contributed by atoms with van der Waals surface area (Å²) in [5.41, 5.74) is 0. The van der Waals surface area contributed by atoms with Crippen molar-refractivity contribution in [2.75, 3.05) is 6.61 Å². The first kappa shape index (κ1) is 32.0. The summed E-state index contributed by atoms with van der Waals surface area (Å²) in [6, 6.07) is 0.